The van der Waals surface area contributed by atoms with Crippen molar-refractivity contribution in [2.75, 3.05) is 11.9 Å². The molecule has 0 saturated heterocycles. The zero-order valence-corrected chi connectivity index (χ0v) is 10.1. The van der Waals surface area contributed by atoms with Crippen LogP contribution in [0.5, 0.6) is 0 Å². The van der Waals surface area contributed by atoms with E-state index in [2.05, 4.69) is 5.32 Å². The summed E-state index contributed by atoms with van der Waals surface area (Å²) in [5.41, 5.74) is -1.93. The molecular formula is C11H10F3N2O4-. The molecule has 0 atom stereocenters. The number of carboxylic acids is 1. The van der Waals surface area contributed by atoms with Gasteiger partial charge in [-0.1, -0.05) is 0 Å². The third-order valence-corrected chi connectivity index (χ3v) is 2.39. The fraction of sp³-hybridized carbons (Fsp3) is 0.364. The van der Waals surface area contributed by atoms with Gasteiger partial charge in [0.2, 0.25) is 0 Å². The van der Waals surface area contributed by atoms with Crippen LogP contribution in [0.15, 0.2) is 18.2 Å². The molecule has 0 spiro atoms. The van der Waals surface area contributed by atoms with Crippen LogP contribution in [0.25, 0.3) is 0 Å². The first-order valence-corrected chi connectivity index (χ1v) is 5.51. The number of aliphatic carboxylic acids is 1. The minimum atomic E-state index is -4.67. The Morgan fingerprint density at radius 1 is 1.35 bits per heavy atom. The summed E-state index contributed by atoms with van der Waals surface area (Å²) in [7, 11) is 0. The van der Waals surface area contributed by atoms with Crippen molar-refractivity contribution < 1.29 is 28.0 Å². The highest BCUT2D eigenvalue weighted by Gasteiger charge is 2.32. The van der Waals surface area contributed by atoms with Gasteiger partial charge >= 0.3 is 6.18 Å². The van der Waals surface area contributed by atoms with Crippen molar-refractivity contribution in [1.29, 1.82) is 0 Å². The highest BCUT2D eigenvalue weighted by molar-refractivity contribution is 5.65. The topological polar surface area (TPSA) is 95.3 Å². The number of alkyl halides is 3. The summed E-state index contributed by atoms with van der Waals surface area (Å²) in [5.74, 6) is -1.27. The van der Waals surface area contributed by atoms with Gasteiger partial charge in [-0.3, -0.25) is 10.1 Å². The lowest BCUT2D eigenvalue weighted by atomic mass is 10.1. The third-order valence-electron chi connectivity index (χ3n) is 2.39. The summed E-state index contributed by atoms with van der Waals surface area (Å²) < 4.78 is 37.3. The van der Waals surface area contributed by atoms with Gasteiger partial charge in [0.25, 0.3) is 5.69 Å². The molecule has 0 bridgehead atoms. The maximum Gasteiger partial charge on any atom is 0.416 e. The Kier molecular flexibility index (Phi) is 4.89. The number of benzene rings is 1. The second kappa shape index (κ2) is 6.22. The monoisotopic (exact) mass is 291 g/mol. The summed E-state index contributed by atoms with van der Waals surface area (Å²) >= 11 is 0. The molecule has 0 radical (unpaired) electrons. The van der Waals surface area contributed by atoms with E-state index >= 15 is 0 Å². The largest absolute Gasteiger partial charge is 0.550 e. The molecule has 1 rings (SSSR count). The molecule has 1 aromatic rings. The van der Waals surface area contributed by atoms with Crippen molar-refractivity contribution in [3.05, 3.63) is 33.9 Å². The number of carboxylic acid groups (broad SMARTS) is 1. The third kappa shape index (κ3) is 4.41. The number of halogens is 3. The summed E-state index contributed by atoms with van der Waals surface area (Å²) in [6.45, 7) is 0.0696. The van der Waals surface area contributed by atoms with Gasteiger partial charge in [-0.05, 0) is 25.0 Å². The average molecular weight is 291 g/mol. The minimum Gasteiger partial charge on any atom is -0.550 e. The van der Waals surface area contributed by atoms with Crippen molar-refractivity contribution >= 4 is 17.3 Å². The highest BCUT2D eigenvalue weighted by Crippen LogP contribution is 2.34. The van der Waals surface area contributed by atoms with Crippen LogP contribution < -0.4 is 10.4 Å². The smallest absolute Gasteiger partial charge is 0.416 e. The number of nitro benzene ring substituents is 1. The Balaban J connectivity index is 2.86. The number of nitrogens with one attached hydrogen (secondary N) is 1. The van der Waals surface area contributed by atoms with Crippen LogP contribution in [0, 0.1) is 10.1 Å². The van der Waals surface area contributed by atoms with Gasteiger partial charge in [0.1, 0.15) is 5.69 Å². The Morgan fingerprint density at radius 3 is 2.50 bits per heavy atom. The SMILES string of the molecule is O=C([O-])CCCNc1ccc(C(F)(F)F)cc1[N+](=O)[O-]. The van der Waals surface area contributed by atoms with E-state index in [9.17, 15) is 33.2 Å². The lowest BCUT2D eigenvalue weighted by molar-refractivity contribution is -0.384. The van der Waals surface area contributed by atoms with Crippen LogP contribution in [0.3, 0.4) is 0 Å². The van der Waals surface area contributed by atoms with Crippen molar-refractivity contribution in [3.8, 4) is 0 Å². The van der Waals surface area contributed by atoms with E-state index in [0.29, 0.717) is 12.1 Å². The van der Waals surface area contributed by atoms with Crippen LogP contribution in [0.1, 0.15) is 18.4 Å². The van der Waals surface area contributed by atoms with Crippen LogP contribution in [0.2, 0.25) is 0 Å². The molecular weight excluding hydrogens is 281 g/mol. The first-order chi connectivity index (χ1) is 9.21. The van der Waals surface area contributed by atoms with Gasteiger partial charge in [-0.15, -0.1) is 0 Å². The van der Waals surface area contributed by atoms with E-state index in [-0.39, 0.29) is 25.1 Å². The van der Waals surface area contributed by atoms with Crippen LogP contribution in [-0.2, 0) is 11.0 Å². The predicted molar refractivity (Wildman–Crippen MR) is 60.8 cm³/mol. The second-order valence-electron chi connectivity index (χ2n) is 3.89. The molecule has 0 aliphatic rings. The number of hydrogen-bond acceptors (Lipinski definition) is 5. The normalized spacial score (nSPS) is 11.2. The lowest BCUT2D eigenvalue weighted by Crippen LogP contribution is -2.22. The van der Waals surface area contributed by atoms with Gasteiger partial charge in [-0.25, -0.2) is 0 Å². The molecule has 0 heterocycles. The number of carbonyl (C=O) groups excluding carboxylic acids is 1. The van der Waals surface area contributed by atoms with Crippen molar-refractivity contribution in [2.24, 2.45) is 0 Å². The molecule has 0 unspecified atom stereocenters. The number of carbonyl (C=O) groups is 1. The zero-order valence-electron chi connectivity index (χ0n) is 10.1. The summed E-state index contributed by atoms with van der Waals surface area (Å²) in [6, 6.07) is 2.09. The van der Waals surface area contributed by atoms with Gasteiger partial charge in [0.15, 0.2) is 0 Å². The van der Waals surface area contributed by atoms with E-state index in [0.717, 1.165) is 6.07 Å². The van der Waals surface area contributed by atoms with Crippen molar-refractivity contribution in [1.82, 2.24) is 0 Å². The van der Waals surface area contributed by atoms with Gasteiger partial charge < -0.3 is 15.2 Å². The second-order valence-corrected chi connectivity index (χ2v) is 3.89. The maximum atomic E-state index is 12.4. The number of anilines is 1. The Morgan fingerprint density at radius 2 is 2.00 bits per heavy atom. The Labute approximate surface area is 111 Å². The molecule has 0 aliphatic heterocycles. The number of nitrogens with zero attached hydrogens (tertiary/aromatic N) is 1. The molecule has 1 aromatic carbocycles. The Hall–Kier alpha value is -2.32. The fourth-order valence-corrected chi connectivity index (χ4v) is 1.46. The molecule has 0 aromatic heterocycles. The average Bonchev–Trinajstić information content (AvgIpc) is 2.33. The van der Waals surface area contributed by atoms with Crippen LogP contribution in [-0.4, -0.2) is 17.4 Å². The first kappa shape index (κ1) is 15.7. The standard InChI is InChI=1S/C11H11F3N2O4/c12-11(13,14)7-3-4-8(9(6-7)16(19)20)15-5-1-2-10(17)18/h3-4,6,15H,1-2,5H2,(H,17,18)/p-1. The molecule has 0 aliphatic carbocycles. The number of nitro groups is 1. The molecule has 1 N–H and O–H groups in total. The summed E-state index contributed by atoms with van der Waals surface area (Å²) in [6.07, 6.45) is -4.78. The molecule has 9 heteroatoms. The van der Waals surface area contributed by atoms with Gasteiger partial charge in [-0.2, -0.15) is 13.2 Å². The molecule has 0 fully saturated rings. The molecule has 0 saturated carbocycles. The Bertz CT molecular complexity index is 517. The van der Waals surface area contributed by atoms with E-state index in [1.54, 1.807) is 0 Å². The number of rotatable bonds is 6. The van der Waals surface area contributed by atoms with E-state index in [4.69, 9.17) is 0 Å². The molecule has 110 valence electrons. The quantitative estimate of drug-likeness (QED) is 0.487. The highest BCUT2D eigenvalue weighted by atomic mass is 19.4. The zero-order chi connectivity index (χ0) is 15.3. The van der Waals surface area contributed by atoms with E-state index in [1.807, 2.05) is 0 Å². The molecule has 20 heavy (non-hydrogen) atoms. The van der Waals surface area contributed by atoms with Gasteiger partial charge in [0.05, 0.1) is 10.5 Å². The van der Waals surface area contributed by atoms with E-state index in [1.165, 1.54) is 0 Å². The molecule has 6 nitrogen and oxygen atoms in total. The van der Waals surface area contributed by atoms with Gasteiger partial charge in [0, 0.05) is 18.6 Å². The minimum absolute atomic E-state index is 0.0696. The van der Waals surface area contributed by atoms with Crippen molar-refractivity contribution in [3.63, 3.8) is 0 Å². The summed E-state index contributed by atoms with van der Waals surface area (Å²) in [5, 5.41) is 23.4. The molecule has 0 amide bonds. The maximum absolute atomic E-state index is 12.4. The predicted octanol–water partition coefficient (Wildman–Crippen LogP) is 1.56. The van der Waals surface area contributed by atoms with Crippen LogP contribution >= 0.6 is 0 Å². The van der Waals surface area contributed by atoms with Crippen LogP contribution in [0.4, 0.5) is 24.5 Å². The summed E-state index contributed by atoms with van der Waals surface area (Å²) in [4.78, 5) is 20.0. The fourth-order valence-electron chi connectivity index (χ4n) is 1.46. The lowest BCUT2D eigenvalue weighted by Gasteiger charge is -2.10. The van der Waals surface area contributed by atoms with Crippen molar-refractivity contribution in [2.45, 2.75) is 19.0 Å². The first-order valence-electron chi connectivity index (χ1n) is 5.51. The number of hydrogen-bond donors (Lipinski definition) is 1. The van der Waals surface area contributed by atoms with E-state index < -0.39 is 28.3 Å².